The van der Waals surface area contributed by atoms with Crippen LogP contribution in [0.2, 0.25) is 0 Å². The third-order valence-electron chi connectivity index (χ3n) is 3.07. The van der Waals surface area contributed by atoms with Gasteiger partial charge in [-0.2, -0.15) is 0 Å². The first-order valence-electron chi connectivity index (χ1n) is 6.73. The van der Waals surface area contributed by atoms with Crippen LogP contribution in [0, 0.1) is 0 Å². The Labute approximate surface area is 110 Å². The van der Waals surface area contributed by atoms with E-state index < -0.39 is 12.2 Å². The molecule has 3 unspecified atom stereocenters. The highest BCUT2D eigenvalue weighted by atomic mass is 16.3. The molecule has 1 aromatic rings. The topological polar surface area (TPSA) is 52.5 Å². The largest absolute Gasteiger partial charge is 0.392 e. The summed E-state index contributed by atoms with van der Waals surface area (Å²) in [6, 6.07) is 8.04. The van der Waals surface area contributed by atoms with Crippen molar-refractivity contribution in [3.8, 4) is 0 Å². The first-order valence-corrected chi connectivity index (χ1v) is 6.73. The molecule has 0 aliphatic carbocycles. The first kappa shape index (κ1) is 15.2. The Kier molecular flexibility index (Phi) is 6.33. The molecule has 0 aromatic heterocycles. The molecule has 18 heavy (non-hydrogen) atoms. The molecule has 1 rings (SSSR count). The van der Waals surface area contributed by atoms with Gasteiger partial charge < -0.3 is 15.5 Å². The van der Waals surface area contributed by atoms with Gasteiger partial charge in [-0.1, -0.05) is 37.6 Å². The maximum absolute atomic E-state index is 10.2. The average molecular weight is 251 g/mol. The van der Waals surface area contributed by atoms with E-state index in [1.807, 2.05) is 19.1 Å². The van der Waals surface area contributed by atoms with Gasteiger partial charge in [-0.15, -0.1) is 0 Å². The number of hydrogen-bond donors (Lipinski definition) is 3. The maximum atomic E-state index is 10.2. The summed E-state index contributed by atoms with van der Waals surface area (Å²) >= 11 is 0. The van der Waals surface area contributed by atoms with Crippen LogP contribution in [0.3, 0.4) is 0 Å². The summed E-state index contributed by atoms with van der Waals surface area (Å²) in [6.07, 6.45) is 1.27. The zero-order valence-electron chi connectivity index (χ0n) is 11.6. The SMILES string of the molecule is CCCc1ccc(C(O)C(C)NCC(C)O)cc1. The van der Waals surface area contributed by atoms with Crippen LogP contribution in [0.5, 0.6) is 0 Å². The van der Waals surface area contributed by atoms with Gasteiger partial charge in [0.15, 0.2) is 0 Å². The predicted octanol–water partition coefficient (Wildman–Crippen LogP) is 2.03. The molecule has 1 aromatic carbocycles. The molecule has 0 aliphatic rings. The third-order valence-corrected chi connectivity index (χ3v) is 3.07. The van der Waals surface area contributed by atoms with E-state index in [1.165, 1.54) is 5.56 Å². The van der Waals surface area contributed by atoms with Crippen LogP contribution in [0.15, 0.2) is 24.3 Å². The van der Waals surface area contributed by atoms with E-state index in [1.54, 1.807) is 6.92 Å². The number of nitrogens with one attached hydrogen (secondary N) is 1. The van der Waals surface area contributed by atoms with Gasteiger partial charge in [0.2, 0.25) is 0 Å². The number of hydrogen-bond acceptors (Lipinski definition) is 3. The molecule has 0 bridgehead atoms. The first-order chi connectivity index (χ1) is 8.54. The molecule has 102 valence electrons. The van der Waals surface area contributed by atoms with Gasteiger partial charge in [0.1, 0.15) is 0 Å². The van der Waals surface area contributed by atoms with Gasteiger partial charge in [0.05, 0.1) is 12.2 Å². The summed E-state index contributed by atoms with van der Waals surface area (Å²) in [6.45, 7) is 6.30. The molecular formula is C15H25NO2. The van der Waals surface area contributed by atoms with Crippen molar-refractivity contribution in [1.29, 1.82) is 0 Å². The van der Waals surface area contributed by atoms with Gasteiger partial charge in [-0.05, 0) is 31.4 Å². The van der Waals surface area contributed by atoms with E-state index in [0.717, 1.165) is 18.4 Å². The van der Waals surface area contributed by atoms with E-state index in [4.69, 9.17) is 0 Å². The number of benzene rings is 1. The Morgan fingerprint density at radius 1 is 1.11 bits per heavy atom. The van der Waals surface area contributed by atoms with E-state index in [9.17, 15) is 10.2 Å². The highest BCUT2D eigenvalue weighted by Gasteiger charge is 2.16. The molecule has 0 amide bonds. The van der Waals surface area contributed by atoms with Crippen LogP contribution < -0.4 is 5.32 Å². The van der Waals surface area contributed by atoms with Crippen molar-refractivity contribution in [2.75, 3.05) is 6.54 Å². The third kappa shape index (κ3) is 4.77. The predicted molar refractivity (Wildman–Crippen MR) is 74.5 cm³/mol. The molecule has 0 aliphatic heterocycles. The fraction of sp³-hybridized carbons (Fsp3) is 0.600. The minimum absolute atomic E-state index is 0.0726. The van der Waals surface area contributed by atoms with Crippen LogP contribution in [0.25, 0.3) is 0 Å². The van der Waals surface area contributed by atoms with Gasteiger partial charge in [0.25, 0.3) is 0 Å². The Morgan fingerprint density at radius 2 is 1.72 bits per heavy atom. The van der Waals surface area contributed by atoms with Crippen molar-refractivity contribution in [2.45, 2.75) is 51.9 Å². The Balaban J connectivity index is 2.57. The molecule has 3 nitrogen and oxygen atoms in total. The zero-order valence-corrected chi connectivity index (χ0v) is 11.6. The summed E-state index contributed by atoms with van der Waals surface area (Å²) in [5.74, 6) is 0. The van der Waals surface area contributed by atoms with E-state index >= 15 is 0 Å². The second kappa shape index (κ2) is 7.52. The smallest absolute Gasteiger partial charge is 0.0940 e. The second-order valence-corrected chi connectivity index (χ2v) is 4.98. The van der Waals surface area contributed by atoms with Crippen LogP contribution >= 0.6 is 0 Å². The molecule has 0 saturated carbocycles. The lowest BCUT2D eigenvalue weighted by atomic mass is 10.0. The molecule has 3 atom stereocenters. The molecule has 3 heteroatoms. The summed E-state index contributed by atoms with van der Waals surface area (Å²) in [5.41, 5.74) is 2.22. The lowest BCUT2D eigenvalue weighted by Gasteiger charge is -2.21. The minimum atomic E-state index is -0.542. The highest BCUT2D eigenvalue weighted by Crippen LogP contribution is 2.18. The van der Waals surface area contributed by atoms with Crippen molar-refractivity contribution in [2.24, 2.45) is 0 Å². The van der Waals surface area contributed by atoms with Crippen molar-refractivity contribution in [3.63, 3.8) is 0 Å². The lowest BCUT2D eigenvalue weighted by molar-refractivity contribution is 0.121. The fourth-order valence-corrected chi connectivity index (χ4v) is 1.93. The molecule has 0 spiro atoms. The normalized spacial score (nSPS) is 16.3. The number of aryl methyl sites for hydroxylation is 1. The highest BCUT2D eigenvalue weighted by molar-refractivity contribution is 5.25. The van der Waals surface area contributed by atoms with Gasteiger partial charge in [0, 0.05) is 12.6 Å². The summed E-state index contributed by atoms with van der Waals surface area (Å²) in [4.78, 5) is 0. The monoisotopic (exact) mass is 251 g/mol. The maximum Gasteiger partial charge on any atom is 0.0940 e. The number of aliphatic hydroxyl groups excluding tert-OH is 2. The van der Waals surface area contributed by atoms with Crippen LogP contribution in [0.1, 0.15) is 44.4 Å². The summed E-state index contributed by atoms with van der Waals surface area (Å²) < 4.78 is 0. The quantitative estimate of drug-likeness (QED) is 0.695. The Morgan fingerprint density at radius 3 is 2.22 bits per heavy atom. The zero-order chi connectivity index (χ0) is 13.5. The average Bonchev–Trinajstić information content (AvgIpc) is 2.36. The summed E-state index contributed by atoms with van der Waals surface area (Å²) in [5, 5.41) is 22.5. The molecule has 0 fully saturated rings. The van der Waals surface area contributed by atoms with Crippen LogP contribution in [0.4, 0.5) is 0 Å². The number of rotatable bonds is 7. The molecule has 0 radical (unpaired) electrons. The van der Waals surface area contributed by atoms with Gasteiger partial charge in [-0.25, -0.2) is 0 Å². The van der Waals surface area contributed by atoms with Crippen molar-refractivity contribution >= 4 is 0 Å². The van der Waals surface area contributed by atoms with Crippen molar-refractivity contribution in [1.82, 2.24) is 5.32 Å². The minimum Gasteiger partial charge on any atom is -0.392 e. The molecule has 3 N–H and O–H groups in total. The number of aliphatic hydroxyl groups is 2. The fourth-order valence-electron chi connectivity index (χ4n) is 1.93. The molecular weight excluding hydrogens is 226 g/mol. The molecule has 0 saturated heterocycles. The lowest BCUT2D eigenvalue weighted by Crippen LogP contribution is -2.36. The van der Waals surface area contributed by atoms with Crippen LogP contribution in [-0.2, 0) is 6.42 Å². The molecule has 0 heterocycles. The Bertz CT molecular complexity index is 335. The Hall–Kier alpha value is -0.900. The van der Waals surface area contributed by atoms with E-state index in [0.29, 0.717) is 6.54 Å². The van der Waals surface area contributed by atoms with Crippen LogP contribution in [-0.4, -0.2) is 28.9 Å². The van der Waals surface area contributed by atoms with Gasteiger partial charge in [-0.3, -0.25) is 0 Å². The standard InChI is InChI=1S/C15H25NO2/c1-4-5-13-6-8-14(9-7-13)15(18)12(3)16-10-11(2)17/h6-9,11-12,15-18H,4-5,10H2,1-3H3. The second-order valence-electron chi connectivity index (χ2n) is 4.98. The van der Waals surface area contributed by atoms with Crippen molar-refractivity contribution in [3.05, 3.63) is 35.4 Å². The van der Waals surface area contributed by atoms with Gasteiger partial charge >= 0.3 is 0 Å². The summed E-state index contributed by atoms with van der Waals surface area (Å²) in [7, 11) is 0. The van der Waals surface area contributed by atoms with E-state index in [-0.39, 0.29) is 6.04 Å². The van der Waals surface area contributed by atoms with E-state index in [2.05, 4.69) is 24.4 Å². The van der Waals surface area contributed by atoms with Crippen molar-refractivity contribution < 1.29 is 10.2 Å².